The number of amides is 1. The van der Waals surface area contributed by atoms with E-state index in [0.717, 1.165) is 14.3 Å². The predicted octanol–water partition coefficient (Wildman–Crippen LogP) is 3.45. The Hall–Kier alpha value is 0.0900. The second-order valence-corrected chi connectivity index (χ2v) is 6.52. The molecule has 1 fully saturated rings. The van der Waals surface area contributed by atoms with E-state index < -0.39 is 0 Å². The van der Waals surface area contributed by atoms with Crippen LogP contribution >= 0.6 is 47.8 Å². The van der Waals surface area contributed by atoms with Crippen molar-refractivity contribution in [1.82, 2.24) is 4.90 Å². The molecule has 1 aliphatic rings. The monoisotopic (exact) mass is 439 g/mol. The number of carbonyl (C=O) groups excluding carboxylic acids is 1. The molecule has 0 bridgehead atoms. The van der Waals surface area contributed by atoms with E-state index in [-0.39, 0.29) is 11.9 Å². The number of alkyl halides is 1. The zero-order chi connectivity index (χ0) is 13.1. The lowest BCUT2D eigenvalue weighted by Crippen LogP contribution is -2.49. The van der Waals surface area contributed by atoms with Crippen LogP contribution in [0.15, 0.2) is 27.1 Å². The molecule has 1 heterocycles. The number of halogens is 3. The van der Waals surface area contributed by atoms with Crippen LogP contribution in [0.2, 0.25) is 0 Å². The fourth-order valence-electron chi connectivity index (χ4n) is 1.89. The predicted molar refractivity (Wildman–Crippen MR) is 81.3 cm³/mol. The highest BCUT2D eigenvalue weighted by atomic mass is 79.9. The maximum Gasteiger partial charge on any atom is 0.254 e. The fraction of sp³-hybridized carbons (Fsp3) is 0.417. The van der Waals surface area contributed by atoms with Crippen LogP contribution in [-0.4, -0.2) is 41.9 Å². The molecule has 1 aromatic rings. The van der Waals surface area contributed by atoms with Crippen molar-refractivity contribution in [2.24, 2.45) is 0 Å². The van der Waals surface area contributed by atoms with Gasteiger partial charge in [-0.25, -0.2) is 0 Å². The molecule has 98 valence electrons. The van der Waals surface area contributed by atoms with Crippen LogP contribution in [0, 0.1) is 0 Å². The van der Waals surface area contributed by atoms with Crippen LogP contribution in [0.5, 0.6) is 0 Å². The van der Waals surface area contributed by atoms with Crippen LogP contribution in [0.25, 0.3) is 0 Å². The average molecular weight is 442 g/mol. The third-order valence-electron chi connectivity index (χ3n) is 2.78. The van der Waals surface area contributed by atoms with Gasteiger partial charge in [0.1, 0.15) is 0 Å². The molecule has 1 saturated heterocycles. The quantitative estimate of drug-likeness (QED) is 0.658. The second kappa shape index (κ2) is 6.50. The Morgan fingerprint density at radius 1 is 1.33 bits per heavy atom. The van der Waals surface area contributed by atoms with Crippen molar-refractivity contribution < 1.29 is 9.53 Å². The zero-order valence-corrected chi connectivity index (χ0v) is 14.3. The van der Waals surface area contributed by atoms with Crippen LogP contribution < -0.4 is 0 Å². The summed E-state index contributed by atoms with van der Waals surface area (Å²) in [6.07, 6.45) is 0. The maximum atomic E-state index is 12.5. The Morgan fingerprint density at radius 3 is 2.61 bits per heavy atom. The van der Waals surface area contributed by atoms with E-state index in [4.69, 9.17) is 4.74 Å². The third kappa shape index (κ3) is 3.35. The molecule has 0 aliphatic carbocycles. The molecule has 0 spiro atoms. The summed E-state index contributed by atoms with van der Waals surface area (Å²) in [5.41, 5.74) is 0.684. The fourth-order valence-corrected chi connectivity index (χ4v) is 3.72. The second-order valence-electron chi connectivity index (χ2n) is 4.04. The van der Waals surface area contributed by atoms with Gasteiger partial charge in [-0.15, -0.1) is 0 Å². The lowest BCUT2D eigenvalue weighted by Gasteiger charge is -2.34. The molecule has 18 heavy (non-hydrogen) atoms. The van der Waals surface area contributed by atoms with Gasteiger partial charge in [0.2, 0.25) is 0 Å². The molecular formula is C12H12Br3NO2. The molecule has 1 amide bonds. The van der Waals surface area contributed by atoms with E-state index in [0.29, 0.717) is 25.3 Å². The van der Waals surface area contributed by atoms with Gasteiger partial charge in [-0.1, -0.05) is 47.8 Å². The number of nitrogens with zero attached hydrogens (tertiary/aromatic N) is 1. The first kappa shape index (κ1) is 14.5. The Balaban J connectivity index is 2.23. The first-order chi connectivity index (χ1) is 8.61. The lowest BCUT2D eigenvalue weighted by atomic mass is 10.1. The van der Waals surface area contributed by atoms with Gasteiger partial charge in [0.25, 0.3) is 5.91 Å². The maximum absolute atomic E-state index is 12.5. The summed E-state index contributed by atoms with van der Waals surface area (Å²) in [5.74, 6) is 0.0461. The Bertz CT molecular complexity index is 433. The standard InChI is InChI=1S/C12H12Br3NO2/c13-6-11-7-18-2-1-16(11)12(17)8-3-9(14)5-10(15)4-8/h3-5,11H,1-2,6-7H2. The van der Waals surface area contributed by atoms with Crippen LogP contribution in [-0.2, 0) is 4.74 Å². The highest BCUT2D eigenvalue weighted by Gasteiger charge is 2.27. The summed E-state index contributed by atoms with van der Waals surface area (Å²) in [6.45, 7) is 1.83. The van der Waals surface area contributed by atoms with Crippen molar-refractivity contribution in [3.05, 3.63) is 32.7 Å². The Morgan fingerprint density at radius 2 is 2.00 bits per heavy atom. The van der Waals surface area contributed by atoms with Gasteiger partial charge < -0.3 is 9.64 Å². The number of hydrogen-bond acceptors (Lipinski definition) is 2. The molecule has 3 nitrogen and oxygen atoms in total. The number of benzene rings is 1. The average Bonchev–Trinajstić information content (AvgIpc) is 2.36. The lowest BCUT2D eigenvalue weighted by molar-refractivity contribution is 0.00524. The van der Waals surface area contributed by atoms with Gasteiger partial charge in [-0.2, -0.15) is 0 Å². The molecule has 2 rings (SSSR count). The minimum Gasteiger partial charge on any atom is -0.377 e. The van der Waals surface area contributed by atoms with E-state index in [1.165, 1.54) is 0 Å². The van der Waals surface area contributed by atoms with E-state index in [2.05, 4.69) is 47.8 Å². The van der Waals surface area contributed by atoms with Crippen molar-refractivity contribution in [3.63, 3.8) is 0 Å². The Kier molecular flexibility index (Phi) is 5.24. The van der Waals surface area contributed by atoms with Gasteiger partial charge in [-0.3, -0.25) is 4.79 Å². The molecule has 0 radical (unpaired) electrons. The van der Waals surface area contributed by atoms with Gasteiger partial charge in [0.15, 0.2) is 0 Å². The first-order valence-corrected chi connectivity index (χ1v) is 8.23. The summed E-state index contributed by atoms with van der Waals surface area (Å²) in [6, 6.07) is 5.70. The topological polar surface area (TPSA) is 29.5 Å². The molecule has 0 aromatic heterocycles. The highest BCUT2D eigenvalue weighted by molar-refractivity contribution is 9.11. The number of carbonyl (C=O) groups is 1. The number of hydrogen-bond donors (Lipinski definition) is 0. The van der Waals surface area contributed by atoms with Crippen molar-refractivity contribution in [2.75, 3.05) is 25.1 Å². The van der Waals surface area contributed by atoms with Gasteiger partial charge >= 0.3 is 0 Å². The van der Waals surface area contributed by atoms with Crippen LogP contribution in [0.1, 0.15) is 10.4 Å². The summed E-state index contributed by atoms with van der Waals surface area (Å²) < 4.78 is 7.18. The van der Waals surface area contributed by atoms with E-state index in [9.17, 15) is 4.79 Å². The third-order valence-corrected chi connectivity index (χ3v) is 4.44. The van der Waals surface area contributed by atoms with Crippen molar-refractivity contribution in [1.29, 1.82) is 0 Å². The van der Waals surface area contributed by atoms with Crippen molar-refractivity contribution in [2.45, 2.75) is 6.04 Å². The highest BCUT2D eigenvalue weighted by Crippen LogP contribution is 2.22. The van der Waals surface area contributed by atoms with Gasteiger partial charge in [0, 0.05) is 26.4 Å². The first-order valence-electron chi connectivity index (χ1n) is 5.52. The van der Waals surface area contributed by atoms with E-state index in [1.54, 1.807) is 0 Å². The van der Waals surface area contributed by atoms with E-state index >= 15 is 0 Å². The van der Waals surface area contributed by atoms with Gasteiger partial charge in [-0.05, 0) is 18.2 Å². The molecule has 0 saturated carbocycles. The molecule has 1 aromatic carbocycles. The van der Waals surface area contributed by atoms with Crippen LogP contribution in [0.4, 0.5) is 0 Å². The number of rotatable bonds is 2. The summed E-state index contributed by atoms with van der Waals surface area (Å²) in [5, 5.41) is 0.730. The number of morpholine rings is 1. The van der Waals surface area contributed by atoms with Crippen molar-refractivity contribution in [3.8, 4) is 0 Å². The summed E-state index contributed by atoms with van der Waals surface area (Å²) in [4.78, 5) is 14.3. The minimum atomic E-state index is 0.0461. The molecule has 1 unspecified atom stereocenters. The zero-order valence-electron chi connectivity index (χ0n) is 9.54. The molecule has 1 atom stereocenters. The summed E-state index contributed by atoms with van der Waals surface area (Å²) in [7, 11) is 0. The molecular weight excluding hydrogens is 430 g/mol. The normalized spacial score (nSPS) is 19.9. The SMILES string of the molecule is O=C(c1cc(Br)cc(Br)c1)N1CCOCC1CBr. The van der Waals surface area contributed by atoms with Crippen LogP contribution in [0.3, 0.4) is 0 Å². The molecule has 6 heteroatoms. The number of ether oxygens (including phenoxy) is 1. The minimum absolute atomic E-state index is 0.0461. The Labute approximate surface area is 131 Å². The molecule has 1 aliphatic heterocycles. The van der Waals surface area contributed by atoms with Gasteiger partial charge in [0.05, 0.1) is 19.3 Å². The largest absolute Gasteiger partial charge is 0.377 e. The molecule has 0 N–H and O–H groups in total. The smallest absolute Gasteiger partial charge is 0.254 e. The van der Waals surface area contributed by atoms with Crippen molar-refractivity contribution >= 4 is 53.7 Å². The van der Waals surface area contributed by atoms with E-state index in [1.807, 2.05) is 23.1 Å². The summed E-state index contributed by atoms with van der Waals surface area (Å²) >= 11 is 10.2.